The standard InChI is InChI=1S/C6H3Cl3NO/c7-6(8,9)4-2-1-3-10-5(4)11/h1-3H. The second-order valence-electron chi connectivity index (χ2n) is 1.85. The molecule has 0 unspecified atom stereocenters. The molecule has 1 rings (SSSR count). The van der Waals surface area contributed by atoms with Gasteiger partial charge in [0.15, 0.2) is 0 Å². The van der Waals surface area contributed by atoms with E-state index in [0.29, 0.717) is 0 Å². The van der Waals surface area contributed by atoms with Crippen LogP contribution in [0.3, 0.4) is 0 Å². The highest BCUT2D eigenvalue weighted by molar-refractivity contribution is 6.66. The first kappa shape index (κ1) is 8.91. The summed E-state index contributed by atoms with van der Waals surface area (Å²) in [6, 6.07) is 2.97. The minimum Gasteiger partial charge on any atom is -0.267 e. The molecule has 0 aliphatic rings. The lowest BCUT2D eigenvalue weighted by atomic mass is 10.3. The molecule has 1 aromatic rings. The number of aromatic nitrogens is 1. The molecule has 0 atom stereocenters. The molecule has 0 bridgehead atoms. The number of hydrogen-bond acceptors (Lipinski definition) is 1. The zero-order valence-corrected chi connectivity index (χ0v) is 7.49. The number of rotatable bonds is 0. The molecule has 0 spiro atoms. The molecule has 0 aliphatic carbocycles. The van der Waals surface area contributed by atoms with E-state index < -0.39 is 9.67 Å². The Morgan fingerprint density at radius 1 is 1.36 bits per heavy atom. The minimum atomic E-state index is -1.68. The van der Waals surface area contributed by atoms with E-state index in [-0.39, 0.29) is 5.56 Å². The molecule has 2 nitrogen and oxygen atoms in total. The van der Waals surface area contributed by atoms with E-state index in [1.54, 1.807) is 6.07 Å². The topological polar surface area (TPSA) is 32.8 Å². The highest BCUT2D eigenvalue weighted by Gasteiger charge is 2.27. The van der Waals surface area contributed by atoms with E-state index in [9.17, 15) is 5.11 Å². The van der Waals surface area contributed by atoms with Crippen LogP contribution in [-0.2, 0) is 8.90 Å². The van der Waals surface area contributed by atoms with Gasteiger partial charge in [-0.2, -0.15) is 0 Å². The van der Waals surface area contributed by atoms with Gasteiger partial charge in [0.25, 0.3) is 5.88 Å². The zero-order chi connectivity index (χ0) is 8.48. The summed E-state index contributed by atoms with van der Waals surface area (Å²) in [5, 5.41) is 10.9. The largest absolute Gasteiger partial charge is 0.277 e. The van der Waals surface area contributed by atoms with E-state index in [1.807, 2.05) is 0 Å². The van der Waals surface area contributed by atoms with Gasteiger partial charge in [0.05, 0.1) is 5.56 Å². The van der Waals surface area contributed by atoms with Crippen molar-refractivity contribution >= 4 is 34.8 Å². The van der Waals surface area contributed by atoms with Gasteiger partial charge in [-0.15, -0.1) is 0 Å². The second kappa shape index (κ2) is 3.05. The molecule has 0 N–H and O–H groups in total. The minimum absolute atomic E-state index is 0.0741. The Labute approximate surface area is 78.7 Å². The Kier molecular flexibility index (Phi) is 2.47. The number of hydrogen-bond donors (Lipinski definition) is 0. The molecule has 0 saturated heterocycles. The molecule has 1 aromatic heterocycles. The van der Waals surface area contributed by atoms with Crippen molar-refractivity contribution in [1.82, 2.24) is 4.98 Å². The predicted molar refractivity (Wildman–Crippen MR) is 43.6 cm³/mol. The zero-order valence-electron chi connectivity index (χ0n) is 5.22. The maximum absolute atomic E-state index is 10.9. The third-order valence-corrected chi connectivity index (χ3v) is 1.69. The van der Waals surface area contributed by atoms with Crippen LogP contribution in [0.2, 0.25) is 0 Å². The molecule has 0 saturated carbocycles. The summed E-state index contributed by atoms with van der Waals surface area (Å²) in [4.78, 5) is 3.44. The third-order valence-electron chi connectivity index (χ3n) is 1.08. The maximum Gasteiger partial charge on any atom is 0.277 e. The first-order valence-electron chi connectivity index (χ1n) is 2.71. The summed E-state index contributed by atoms with van der Waals surface area (Å²) in [6.07, 6.45) is 1.35. The van der Waals surface area contributed by atoms with E-state index in [2.05, 4.69) is 4.98 Å². The second-order valence-corrected chi connectivity index (χ2v) is 4.14. The summed E-state index contributed by atoms with van der Waals surface area (Å²) >= 11 is 16.4. The van der Waals surface area contributed by atoms with Crippen LogP contribution >= 0.6 is 34.8 Å². The summed E-state index contributed by atoms with van der Waals surface area (Å²) in [6.45, 7) is 0. The van der Waals surface area contributed by atoms with Crippen molar-refractivity contribution in [1.29, 1.82) is 0 Å². The highest BCUT2D eigenvalue weighted by atomic mass is 35.6. The highest BCUT2D eigenvalue weighted by Crippen LogP contribution is 2.41. The average molecular weight is 211 g/mol. The summed E-state index contributed by atoms with van der Waals surface area (Å²) in [7, 11) is 0. The van der Waals surface area contributed by atoms with Crippen molar-refractivity contribution in [2.24, 2.45) is 0 Å². The Balaban J connectivity index is 3.14. The fourth-order valence-electron chi connectivity index (χ4n) is 0.607. The van der Waals surface area contributed by atoms with Gasteiger partial charge >= 0.3 is 0 Å². The number of pyridine rings is 1. The fraction of sp³-hybridized carbons (Fsp3) is 0.167. The number of nitrogens with zero attached hydrogens (tertiary/aromatic N) is 1. The van der Waals surface area contributed by atoms with Crippen LogP contribution in [0.5, 0.6) is 5.88 Å². The van der Waals surface area contributed by atoms with Gasteiger partial charge in [-0.3, -0.25) is 5.11 Å². The Bertz CT molecular complexity index is 258. The van der Waals surface area contributed by atoms with E-state index in [1.165, 1.54) is 12.3 Å². The molecule has 0 aromatic carbocycles. The molecule has 11 heavy (non-hydrogen) atoms. The van der Waals surface area contributed by atoms with Crippen LogP contribution in [0.1, 0.15) is 5.56 Å². The lowest BCUT2D eigenvalue weighted by molar-refractivity contribution is 0.333. The first-order valence-corrected chi connectivity index (χ1v) is 3.84. The lowest BCUT2D eigenvalue weighted by Gasteiger charge is -2.09. The molecule has 59 valence electrons. The van der Waals surface area contributed by atoms with Gasteiger partial charge in [-0.05, 0) is 12.1 Å². The maximum atomic E-state index is 10.9. The molecular weight excluding hydrogens is 208 g/mol. The Hall–Kier alpha value is -0.180. The summed E-state index contributed by atoms with van der Waals surface area (Å²) in [5.41, 5.74) is 0.0741. The van der Waals surface area contributed by atoms with Crippen molar-refractivity contribution in [3.8, 4) is 5.88 Å². The van der Waals surface area contributed by atoms with Gasteiger partial charge in [-0.25, -0.2) is 4.98 Å². The van der Waals surface area contributed by atoms with Crippen LogP contribution in [0.15, 0.2) is 18.3 Å². The smallest absolute Gasteiger partial charge is 0.267 e. The molecular formula is C6H3Cl3NO. The lowest BCUT2D eigenvalue weighted by Crippen LogP contribution is -2.00. The van der Waals surface area contributed by atoms with Gasteiger partial charge in [-0.1, -0.05) is 34.8 Å². The Morgan fingerprint density at radius 3 is 2.36 bits per heavy atom. The molecule has 1 heterocycles. The van der Waals surface area contributed by atoms with Crippen LogP contribution in [0, 0.1) is 0 Å². The SMILES string of the molecule is [O]c1ncccc1C(Cl)(Cl)Cl. The van der Waals surface area contributed by atoms with Crippen molar-refractivity contribution in [3.05, 3.63) is 23.9 Å². The van der Waals surface area contributed by atoms with E-state index in [0.717, 1.165) is 0 Å². The predicted octanol–water partition coefficient (Wildman–Crippen LogP) is 3.05. The van der Waals surface area contributed by atoms with Gasteiger partial charge in [0, 0.05) is 6.20 Å². The monoisotopic (exact) mass is 210 g/mol. The first-order chi connectivity index (χ1) is 5.02. The van der Waals surface area contributed by atoms with Crippen LogP contribution in [-0.4, -0.2) is 4.98 Å². The quantitative estimate of drug-likeness (QED) is 0.607. The van der Waals surface area contributed by atoms with Gasteiger partial charge in [0.2, 0.25) is 3.79 Å². The van der Waals surface area contributed by atoms with E-state index in [4.69, 9.17) is 34.8 Å². The van der Waals surface area contributed by atoms with Crippen molar-refractivity contribution < 1.29 is 5.11 Å². The molecule has 0 aliphatic heterocycles. The third kappa shape index (κ3) is 2.12. The molecule has 0 fully saturated rings. The van der Waals surface area contributed by atoms with Crippen LogP contribution < -0.4 is 0 Å². The van der Waals surface area contributed by atoms with Gasteiger partial charge in [0.1, 0.15) is 0 Å². The average Bonchev–Trinajstić information content (AvgIpc) is 1.86. The Morgan fingerprint density at radius 2 is 2.00 bits per heavy atom. The summed E-state index contributed by atoms with van der Waals surface area (Å²) < 4.78 is -1.68. The van der Waals surface area contributed by atoms with Crippen molar-refractivity contribution in [3.63, 3.8) is 0 Å². The van der Waals surface area contributed by atoms with Crippen LogP contribution in [0.4, 0.5) is 0 Å². The van der Waals surface area contributed by atoms with Crippen molar-refractivity contribution in [2.75, 3.05) is 0 Å². The molecule has 5 heteroatoms. The molecule has 0 amide bonds. The van der Waals surface area contributed by atoms with Crippen molar-refractivity contribution in [2.45, 2.75) is 3.79 Å². The number of halogens is 3. The summed E-state index contributed by atoms with van der Waals surface area (Å²) in [5.74, 6) is -0.507. The normalized spacial score (nSPS) is 11.5. The van der Waals surface area contributed by atoms with E-state index >= 15 is 0 Å². The number of alkyl halides is 3. The van der Waals surface area contributed by atoms with Gasteiger partial charge < -0.3 is 0 Å². The molecule has 1 radical (unpaired) electrons. The fourth-order valence-corrected chi connectivity index (χ4v) is 1.04. The van der Waals surface area contributed by atoms with Crippen LogP contribution in [0.25, 0.3) is 0 Å².